The van der Waals surface area contributed by atoms with Crippen LogP contribution in [0.5, 0.6) is 0 Å². The Hall–Kier alpha value is -2.34. The molecule has 1 N–H and O–H groups in total. The van der Waals surface area contributed by atoms with Gasteiger partial charge < -0.3 is 10.2 Å². The molecule has 1 saturated heterocycles. The number of benzene rings is 2. The molecule has 2 aromatic rings. The van der Waals surface area contributed by atoms with Gasteiger partial charge in [0.1, 0.15) is 0 Å². The fourth-order valence-electron chi connectivity index (χ4n) is 4.66. The third-order valence-electron chi connectivity index (χ3n) is 6.73. The quantitative estimate of drug-likeness (QED) is 0.740. The zero-order chi connectivity index (χ0) is 22.2. The van der Waals surface area contributed by atoms with E-state index in [4.69, 9.17) is 0 Å². The number of aryl methyl sites for hydroxylation is 2. The maximum absolute atomic E-state index is 13.1. The van der Waals surface area contributed by atoms with Crippen LogP contribution in [0, 0.1) is 13.8 Å². The van der Waals surface area contributed by atoms with E-state index in [1.165, 1.54) is 11.1 Å². The SMILES string of the molecule is CCS(=O)(=O)c1ccc(N2CCC(NC(=O)C3(c4cc(C)cc(C)c4)CC3)CC2)cc1. The van der Waals surface area contributed by atoms with E-state index in [1.54, 1.807) is 19.1 Å². The largest absolute Gasteiger partial charge is 0.371 e. The van der Waals surface area contributed by atoms with Crippen LogP contribution >= 0.6 is 0 Å². The van der Waals surface area contributed by atoms with Crippen molar-refractivity contribution >= 4 is 21.4 Å². The number of hydrogen-bond acceptors (Lipinski definition) is 4. The first-order valence-electron chi connectivity index (χ1n) is 11.2. The number of carbonyl (C=O) groups excluding carboxylic acids is 1. The van der Waals surface area contributed by atoms with Crippen LogP contribution in [0.15, 0.2) is 47.4 Å². The van der Waals surface area contributed by atoms with Crippen LogP contribution in [-0.2, 0) is 20.0 Å². The van der Waals surface area contributed by atoms with Gasteiger partial charge in [0.2, 0.25) is 5.91 Å². The lowest BCUT2D eigenvalue weighted by Gasteiger charge is -2.34. The van der Waals surface area contributed by atoms with E-state index in [-0.39, 0.29) is 23.1 Å². The highest BCUT2D eigenvalue weighted by Crippen LogP contribution is 2.49. The monoisotopic (exact) mass is 440 g/mol. The van der Waals surface area contributed by atoms with Crippen molar-refractivity contribution < 1.29 is 13.2 Å². The number of nitrogens with one attached hydrogen (secondary N) is 1. The highest BCUT2D eigenvalue weighted by Gasteiger charge is 2.51. The smallest absolute Gasteiger partial charge is 0.230 e. The average Bonchev–Trinajstić information content (AvgIpc) is 3.56. The summed E-state index contributed by atoms with van der Waals surface area (Å²) in [6.45, 7) is 7.53. The zero-order valence-electron chi connectivity index (χ0n) is 18.6. The number of sulfone groups is 1. The molecule has 5 nitrogen and oxygen atoms in total. The van der Waals surface area contributed by atoms with Gasteiger partial charge in [-0.2, -0.15) is 0 Å². The van der Waals surface area contributed by atoms with E-state index >= 15 is 0 Å². The Bertz CT molecular complexity index is 1040. The molecule has 0 unspecified atom stereocenters. The summed E-state index contributed by atoms with van der Waals surface area (Å²) in [7, 11) is -3.17. The van der Waals surface area contributed by atoms with Gasteiger partial charge in [-0.05, 0) is 69.4 Å². The highest BCUT2D eigenvalue weighted by atomic mass is 32.2. The molecule has 6 heteroatoms. The summed E-state index contributed by atoms with van der Waals surface area (Å²) < 4.78 is 24.0. The Labute approximate surface area is 185 Å². The Morgan fingerprint density at radius 1 is 1.03 bits per heavy atom. The van der Waals surface area contributed by atoms with E-state index < -0.39 is 9.84 Å². The van der Waals surface area contributed by atoms with Gasteiger partial charge in [-0.3, -0.25) is 4.79 Å². The molecule has 1 saturated carbocycles. The number of nitrogens with zero attached hydrogens (tertiary/aromatic N) is 1. The van der Waals surface area contributed by atoms with Crippen molar-refractivity contribution in [3.8, 4) is 0 Å². The van der Waals surface area contributed by atoms with Crippen LogP contribution in [0.3, 0.4) is 0 Å². The molecule has 4 rings (SSSR count). The Morgan fingerprint density at radius 2 is 1.61 bits per heavy atom. The molecule has 0 bridgehead atoms. The van der Waals surface area contributed by atoms with Crippen LogP contribution < -0.4 is 10.2 Å². The normalized spacial score (nSPS) is 18.6. The van der Waals surface area contributed by atoms with Gasteiger partial charge in [0.25, 0.3) is 0 Å². The van der Waals surface area contributed by atoms with Crippen molar-refractivity contribution in [2.45, 2.75) is 62.8 Å². The molecule has 2 aliphatic rings. The van der Waals surface area contributed by atoms with E-state index in [2.05, 4.69) is 42.3 Å². The first-order valence-corrected chi connectivity index (χ1v) is 12.9. The van der Waals surface area contributed by atoms with Gasteiger partial charge in [0.05, 0.1) is 16.1 Å². The summed E-state index contributed by atoms with van der Waals surface area (Å²) in [5.41, 5.74) is 4.27. The van der Waals surface area contributed by atoms with Crippen molar-refractivity contribution in [3.05, 3.63) is 59.2 Å². The second-order valence-electron chi connectivity index (χ2n) is 9.09. The maximum Gasteiger partial charge on any atom is 0.230 e. The van der Waals surface area contributed by atoms with Crippen molar-refractivity contribution in [3.63, 3.8) is 0 Å². The molecule has 0 spiro atoms. The molecule has 31 heavy (non-hydrogen) atoms. The molecule has 1 aliphatic carbocycles. The minimum Gasteiger partial charge on any atom is -0.371 e. The van der Waals surface area contributed by atoms with Gasteiger partial charge in [-0.1, -0.05) is 36.2 Å². The number of carbonyl (C=O) groups is 1. The van der Waals surface area contributed by atoms with Crippen molar-refractivity contribution in [2.24, 2.45) is 0 Å². The third-order valence-corrected chi connectivity index (χ3v) is 8.48. The van der Waals surface area contributed by atoms with Crippen molar-refractivity contribution in [1.29, 1.82) is 0 Å². The first-order chi connectivity index (χ1) is 14.7. The van der Waals surface area contributed by atoms with Crippen LogP contribution in [0.2, 0.25) is 0 Å². The summed E-state index contributed by atoms with van der Waals surface area (Å²) in [5.74, 6) is 0.284. The summed E-state index contributed by atoms with van der Waals surface area (Å²) >= 11 is 0. The van der Waals surface area contributed by atoms with Crippen LogP contribution in [0.4, 0.5) is 5.69 Å². The van der Waals surface area contributed by atoms with E-state index in [1.807, 2.05) is 12.1 Å². The molecule has 166 valence electrons. The molecule has 1 aliphatic heterocycles. The van der Waals surface area contributed by atoms with Gasteiger partial charge in [-0.15, -0.1) is 0 Å². The van der Waals surface area contributed by atoms with Gasteiger partial charge in [-0.25, -0.2) is 8.42 Å². The zero-order valence-corrected chi connectivity index (χ0v) is 19.5. The molecule has 1 amide bonds. The van der Waals surface area contributed by atoms with E-state index in [9.17, 15) is 13.2 Å². The number of hydrogen-bond donors (Lipinski definition) is 1. The number of piperidine rings is 1. The predicted molar refractivity (Wildman–Crippen MR) is 124 cm³/mol. The first kappa shape index (κ1) is 21.9. The Morgan fingerprint density at radius 3 is 2.13 bits per heavy atom. The number of rotatable bonds is 6. The summed E-state index contributed by atoms with van der Waals surface area (Å²) in [4.78, 5) is 15.8. The lowest BCUT2D eigenvalue weighted by atomic mass is 9.91. The summed E-state index contributed by atoms with van der Waals surface area (Å²) in [5, 5.41) is 3.32. The summed E-state index contributed by atoms with van der Waals surface area (Å²) in [6.07, 6.45) is 3.63. The number of amides is 1. The second kappa shape index (κ2) is 8.30. The molecule has 1 heterocycles. The van der Waals surface area contributed by atoms with Crippen LogP contribution in [0.25, 0.3) is 0 Å². The fourth-order valence-corrected chi connectivity index (χ4v) is 5.54. The van der Waals surface area contributed by atoms with Gasteiger partial charge >= 0.3 is 0 Å². The predicted octanol–water partition coefficient (Wildman–Crippen LogP) is 3.91. The molecule has 0 aromatic heterocycles. The van der Waals surface area contributed by atoms with Crippen LogP contribution in [0.1, 0.15) is 49.3 Å². The highest BCUT2D eigenvalue weighted by molar-refractivity contribution is 7.91. The Kier molecular flexibility index (Phi) is 5.86. The third kappa shape index (κ3) is 4.49. The molecular weight excluding hydrogens is 408 g/mol. The molecular formula is C25H32N2O3S. The van der Waals surface area contributed by atoms with E-state index in [0.717, 1.165) is 50.0 Å². The minimum absolute atomic E-state index is 0.112. The Balaban J connectivity index is 1.36. The standard InChI is InChI=1S/C25H32N2O3S/c1-4-31(29,30)23-7-5-22(6-8-23)27-13-9-21(10-14-27)26-24(28)25(11-12-25)20-16-18(2)15-19(3)17-20/h5-8,15-17,21H,4,9-14H2,1-3H3,(H,26,28). The van der Waals surface area contributed by atoms with Gasteiger partial charge in [0, 0.05) is 24.8 Å². The second-order valence-corrected chi connectivity index (χ2v) is 11.4. The van der Waals surface area contributed by atoms with Crippen molar-refractivity contribution in [1.82, 2.24) is 5.32 Å². The molecule has 2 fully saturated rings. The lowest BCUT2D eigenvalue weighted by Crippen LogP contribution is -2.47. The lowest BCUT2D eigenvalue weighted by molar-refractivity contribution is -0.124. The molecule has 2 aromatic carbocycles. The maximum atomic E-state index is 13.1. The fraction of sp³-hybridized carbons (Fsp3) is 0.480. The minimum atomic E-state index is -3.17. The summed E-state index contributed by atoms with van der Waals surface area (Å²) in [6, 6.07) is 13.8. The van der Waals surface area contributed by atoms with E-state index in [0.29, 0.717) is 4.90 Å². The van der Waals surface area contributed by atoms with Crippen LogP contribution in [-0.4, -0.2) is 39.2 Å². The molecule has 0 radical (unpaired) electrons. The number of anilines is 1. The van der Waals surface area contributed by atoms with Crippen molar-refractivity contribution in [2.75, 3.05) is 23.7 Å². The molecule has 0 atom stereocenters. The van der Waals surface area contributed by atoms with Gasteiger partial charge in [0.15, 0.2) is 9.84 Å². The topological polar surface area (TPSA) is 66.5 Å². The average molecular weight is 441 g/mol.